The third-order valence-corrected chi connectivity index (χ3v) is 4.32. The lowest BCUT2D eigenvalue weighted by atomic mass is 9.94. The molecular formula is C16H18FN3O3. The van der Waals surface area contributed by atoms with Crippen LogP contribution in [0.2, 0.25) is 0 Å². The first-order valence-electron chi connectivity index (χ1n) is 7.71. The molecule has 6 nitrogen and oxygen atoms in total. The molecule has 2 saturated heterocycles. The lowest BCUT2D eigenvalue weighted by Gasteiger charge is -2.36. The van der Waals surface area contributed by atoms with Crippen LogP contribution >= 0.6 is 0 Å². The molecule has 122 valence electrons. The Bertz CT molecular complexity index is 632. The quantitative estimate of drug-likeness (QED) is 0.828. The summed E-state index contributed by atoms with van der Waals surface area (Å²) in [5.74, 6) is -0.965. The molecular weight excluding hydrogens is 301 g/mol. The molecule has 0 radical (unpaired) electrons. The van der Waals surface area contributed by atoms with Gasteiger partial charge in [-0.15, -0.1) is 0 Å². The van der Waals surface area contributed by atoms with Crippen molar-refractivity contribution in [3.8, 4) is 0 Å². The number of imide groups is 1. The van der Waals surface area contributed by atoms with Crippen LogP contribution in [0.1, 0.15) is 37.3 Å². The van der Waals surface area contributed by atoms with Crippen LogP contribution in [-0.4, -0.2) is 35.3 Å². The van der Waals surface area contributed by atoms with E-state index in [4.69, 9.17) is 0 Å². The van der Waals surface area contributed by atoms with Gasteiger partial charge in [-0.05, 0) is 37.0 Å². The van der Waals surface area contributed by atoms with Gasteiger partial charge < -0.3 is 10.2 Å². The third-order valence-electron chi connectivity index (χ3n) is 4.32. The Balaban J connectivity index is 1.73. The topological polar surface area (TPSA) is 78.5 Å². The second-order valence-corrected chi connectivity index (χ2v) is 5.87. The van der Waals surface area contributed by atoms with Gasteiger partial charge in [0.1, 0.15) is 11.9 Å². The number of piperidine rings is 1. The summed E-state index contributed by atoms with van der Waals surface area (Å²) < 4.78 is 13.1. The molecule has 2 fully saturated rings. The third kappa shape index (κ3) is 3.33. The summed E-state index contributed by atoms with van der Waals surface area (Å²) in [5, 5.41) is 4.56. The SMILES string of the molecule is O=C1NC(=O)[C@H](CC(=O)N2CCCCC2c2ccc(F)cc2)N1. The van der Waals surface area contributed by atoms with E-state index >= 15 is 0 Å². The van der Waals surface area contributed by atoms with Crippen molar-refractivity contribution in [1.29, 1.82) is 0 Å². The molecule has 0 bridgehead atoms. The van der Waals surface area contributed by atoms with Crippen LogP contribution in [0.25, 0.3) is 0 Å². The summed E-state index contributed by atoms with van der Waals surface area (Å²) in [6, 6.07) is 4.66. The molecule has 0 aromatic heterocycles. The molecule has 0 aliphatic carbocycles. The van der Waals surface area contributed by atoms with Gasteiger partial charge in [0.2, 0.25) is 5.91 Å². The summed E-state index contributed by atoms with van der Waals surface area (Å²) in [6.07, 6.45) is 2.63. The number of nitrogens with one attached hydrogen (secondary N) is 2. The first-order chi connectivity index (χ1) is 11.0. The van der Waals surface area contributed by atoms with Gasteiger partial charge in [0.25, 0.3) is 5.91 Å². The molecule has 23 heavy (non-hydrogen) atoms. The van der Waals surface area contributed by atoms with E-state index in [2.05, 4.69) is 10.6 Å². The maximum absolute atomic E-state index is 13.1. The van der Waals surface area contributed by atoms with E-state index in [0.717, 1.165) is 24.8 Å². The molecule has 0 spiro atoms. The second-order valence-electron chi connectivity index (χ2n) is 5.87. The smallest absolute Gasteiger partial charge is 0.322 e. The Morgan fingerprint density at radius 2 is 1.96 bits per heavy atom. The van der Waals surface area contributed by atoms with Gasteiger partial charge in [0, 0.05) is 6.54 Å². The predicted molar refractivity (Wildman–Crippen MR) is 79.8 cm³/mol. The maximum atomic E-state index is 13.1. The Labute approximate surface area is 133 Å². The molecule has 1 aromatic carbocycles. The van der Waals surface area contributed by atoms with Gasteiger partial charge >= 0.3 is 6.03 Å². The molecule has 4 amide bonds. The minimum atomic E-state index is -0.814. The summed E-state index contributed by atoms with van der Waals surface area (Å²) in [5.41, 5.74) is 0.888. The monoisotopic (exact) mass is 319 g/mol. The van der Waals surface area contributed by atoms with Crippen LogP contribution in [0.3, 0.4) is 0 Å². The van der Waals surface area contributed by atoms with Crippen LogP contribution < -0.4 is 10.6 Å². The lowest BCUT2D eigenvalue weighted by Crippen LogP contribution is -2.42. The number of hydrogen-bond donors (Lipinski definition) is 2. The van der Waals surface area contributed by atoms with E-state index in [1.54, 1.807) is 17.0 Å². The highest BCUT2D eigenvalue weighted by molar-refractivity contribution is 6.05. The number of benzene rings is 1. The highest BCUT2D eigenvalue weighted by atomic mass is 19.1. The predicted octanol–water partition coefficient (Wildman–Crippen LogP) is 1.48. The normalized spacial score (nSPS) is 24.3. The van der Waals surface area contributed by atoms with E-state index in [1.165, 1.54) is 12.1 Å². The van der Waals surface area contributed by atoms with Crippen LogP contribution in [-0.2, 0) is 9.59 Å². The molecule has 7 heteroatoms. The molecule has 3 rings (SSSR count). The van der Waals surface area contributed by atoms with Crippen molar-refractivity contribution >= 4 is 17.8 Å². The van der Waals surface area contributed by atoms with Crippen molar-refractivity contribution in [2.45, 2.75) is 37.8 Å². The van der Waals surface area contributed by atoms with Gasteiger partial charge in [0.05, 0.1) is 12.5 Å². The van der Waals surface area contributed by atoms with E-state index in [9.17, 15) is 18.8 Å². The van der Waals surface area contributed by atoms with E-state index in [0.29, 0.717) is 6.54 Å². The molecule has 1 unspecified atom stereocenters. The fourth-order valence-corrected chi connectivity index (χ4v) is 3.16. The van der Waals surface area contributed by atoms with Crippen molar-refractivity contribution in [3.05, 3.63) is 35.6 Å². The Morgan fingerprint density at radius 1 is 1.22 bits per heavy atom. The number of hydrogen-bond acceptors (Lipinski definition) is 3. The largest absolute Gasteiger partial charge is 0.336 e. The lowest BCUT2D eigenvalue weighted by molar-refractivity contribution is -0.137. The number of urea groups is 1. The summed E-state index contributed by atoms with van der Waals surface area (Å²) in [4.78, 5) is 37.0. The number of carbonyl (C=O) groups is 3. The fourth-order valence-electron chi connectivity index (χ4n) is 3.16. The van der Waals surface area contributed by atoms with Crippen molar-refractivity contribution in [1.82, 2.24) is 15.5 Å². The molecule has 0 saturated carbocycles. The van der Waals surface area contributed by atoms with Gasteiger partial charge in [-0.2, -0.15) is 0 Å². The van der Waals surface area contributed by atoms with Gasteiger partial charge in [-0.1, -0.05) is 12.1 Å². The molecule has 2 atom stereocenters. The van der Waals surface area contributed by atoms with Crippen LogP contribution in [0, 0.1) is 5.82 Å². The average Bonchev–Trinajstić information content (AvgIpc) is 2.85. The number of halogens is 1. The zero-order valence-electron chi connectivity index (χ0n) is 12.5. The highest BCUT2D eigenvalue weighted by Gasteiger charge is 2.35. The summed E-state index contributed by atoms with van der Waals surface area (Å²) in [6.45, 7) is 0.600. The maximum Gasteiger partial charge on any atom is 0.322 e. The Morgan fingerprint density at radius 3 is 2.61 bits per heavy atom. The molecule has 2 heterocycles. The molecule has 2 N–H and O–H groups in total. The zero-order chi connectivity index (χ0) is 16.4. The van der Waals surface area contributed by atoms with Gasteiger partial charge in [-0.25, -0.2) is 9.18 Å². The van der Waals surface area contributed by atoms with Crippen LogP contribution in [0.4, 0.5) is 9.18 Å². The zero-order valence-corrected chi connectivity index (χ0v) is 12.5. The minimum Gasteiger partial charge on any atom is -0.336 e. The molecule has 2 aliphatic rings. The number of amides is 4. The number of rotatable bonds is 3. The average molecular weight is 319 g/mol. The first-order valence-corrected chi connectivity index (χ1v) is 7.71. The standard InChI is InChI=1S/C16H18FN3O3/c17-11-6-4-10(5-7-11)13-3-1-2-8-20(13)14(21)9-12-15(22)19-16(23)18-12/h4-7,12-13H,1-3,8-9H2,(H2,18,19,22,23)/t12-,13?/m0/s1. The summed E-state index contributed by atoms with van der Waals surface area (Å²) in [7, 11) is 0. The Hall–Kier alpha value is -2.44. The molecule has 2 aliphatic heterocycles. The van der Waals surface area contributed by atoms with Crippen LogP contribution in [0.15, 0.2) is 24.3 Å². The number of carbonyl (C=O) groups excluding carboxylic acids is 3. The van der Waals surface area contributed by atoms with Gasteiger partial charge in [-0.3, -0.25) is 14.9 Å². The van der Waals surface area contributed by atoms with E-state index < -0.39 is 18.0 Å². The van der Waals surface area contributed by atoms with Crippen molar-refractivity contribution < 1.29 is 18.8 Å². The fraction of sp³-hybridized carbons (Fsp3) is 0.438. The number of likely N-dealkylation sites (tertiary alicyclic amines) is 1. The van der Waals surface area contributed by atoms with Gasteiger partial charge in [0.15, 0.2) is 0 Å². The summed E-state index contributed by atoms with van der Waals surface area (Å²) >= 11 is 0. The minimum absolute atomic E-state index is 0.0602. The second kappa shape index (κ2) is 6.36. The van der Waals surface area contributed by atoms with E-state index in [-0.39, 0.29) is 24.2 Å². The molecule has 1 aromatic rings. The number of nitrogens with zero attached hydrogens (tertiary/aromatic N) is 1. The Kier molecular flexibility index (Phi) is 4.27. The van der Waals surface area contributed by atoms with Crippen molar-refractivity contribution in [3.63, 3.8) is 0 Å². The van der Waals surface area contributed by atoms with E-state index in [1.807, 2.05) is 0 Å². The van der Waals surface area contributed by atoms with Crippen LogP contribution in [0.5, 0.6) is 0 Å². The van der Waals surface area contributed by atoms with Crippen molar-refractivity contribution in [2.75, 3.05) is 6.54 Å². The van der Waals surface area contributed by atoms with Crippen molar-refractivity contribution in [2.24, 2.45) is 0 Å². The first kappa shape index (κ1) is 15.5. The highest BCUT2D eigenvalue weighted by Crippen LogP contribution is 2.31.